The molecule has 6 nitrogen and oxygen atoms in total. The normalized spacial score (nSPS) is 34.7. The van der Waals surface area contributed by atoms with E-state index in [0.717, 1.165) is 19.3 Å². The van der Waals surface area contributed by atoms with Gasteiger partial charge in [0.15, 0.2) is 0 Å². The molecule has 19 heavy (non-hydrogen) atoms. The predicted octanol–water partition coefficient (Wildman–Crippen LogP) is 1.40. The fraction of sp³-hybridized carbons (Fsp3) is 0.846. The number of amidine groups is 1. The fourth-order valence-electron chi connectivity index (χ4n) is 3.40. The van der Waals surface area contributed by atoms with Crippen LogP contribution in [0.15, 0.2) is 5.10 Å². The van der Waals surface area contributed by atoms with Gasteiger partial charge in [0.1, 0.15) is 17.0 Å². The minimum absolute atomic E-state index is 0.193. The molecule has 0 spiro atoms. The van der Waals surface area contributed by atoms with Gasteiger partial charge in [0.25, 0.3) is 0 Å². The zero-order valence-corrected chi connectivity index (χ0v) is 12.1. The van der Waals surface area contributed by atoms with Crippen molar-refractivity contribution in [1.82, 2.24) is 4.90 Å². The van der Waals surface area contributed by atoms with E-state index in [0.29, 0.717) is 11.8 Å². The van der Waals surface area contributed by atoms with Gasteiger partial charge in [-0.15, -0.1) is 0 Å². The Morgan fingerprint density at radius 3 is 2.58 bits per heavy atom. The number of nitrogens with two attached hydrogens (primary N) is 2. The van der Waals surface area contributed by atoms with Crippen molar-refractivity contribution in [3.8, 4) is 0 Å². The molecule has 1 aliphatic carbocycles. The van der Waals surface area contributed by atoms with Crippen LogP contribution in [-0.2, 0) is 4.74 Å². The molecule has 2 saturated heterocycles. The Bertz CT molecular complexity index is 415. The average molecular weight is 268 g/mol. The van der Waals surface area contributed by atoms with Crippen LogP contribution >= 0.6 is 0 Å². The molecule has 0 radical (unpaired) electrons. The van der Waals surface area contributed by atoms with Gasteiger partial charge in [-0.3, -0.25) is 4.90 Å². The van der Waals surface area contributed by atoms with E-state index in [2.05, 4.69) is 12.0 Å². The summed E-state index contributed by atoms with van der Waals surface area (Å²) in [5, 5.41) is 3.63. The lowest BCUT2D eigenvalue weighted by molar-refractivity contribution is -0.0901. The summed E-state index contributed by atoms with van der Waals surface area (Å²) in [6.45, 7) is 7.74. The Morgan fingerprint density at radius 2 is 2.05 bits per heavy atom. The van der Waals surface area contributed by atoms with Crippen LogP contribution in [0.25, 0.3) is 0 Å². The molecule has 1 amide bonds. The van der Waals surface area contributed by atoms with Crippen LogP contribution in [0.4, 0.5) is 4.79 Å². The van der Waals surface area contributed by atoms with Gasteiger partial charge >= 0.3 is 6.09 Å². The number of piperidine rings is 1. The van der Waals surface area contributed by atoms with Crippen molar-refractivity contribution < 1.29 is 9.53 Å². The lowest BCUT2D eigenvalue weighted by atomic mass is 9.64. The van der Waals surface area contributed by atoms with Crippen molar-refractivity contribution in [2.75, 3.05) is 0 Å². The number of hydrogen-bond acceptors (Lipinski definition) is 4. The largest absolute Gasteiger partial charge is 0.444 e. The number of ether oxygens (including phenoxy) is 1. The first-order valence-corrected chi connectivity index (χ1v) is 6.76. The predicted molar refractivity (Wildman–Crippen MR) is 73.4 cm³/mol. The molecule has 3 fully saturated rings. The average Bonchev–Trinajstić information content (AvgIpc) is 2.23. The molecule has 1 saturated carbocycles. The van der Waals surface area contributed by atoms with Crippen LogP contribution in [0.3, 0.4) is 0 Å². The van der Waals surface area contributed by atoms with Crippen LogP contribution in [0.1, 0.15) is 47.0 Å². The maximum atomic E-state index is 12.3. The van der Waals surface area contributed by atoms with Crippen LogP contribution in [-0.4, -0.2) is 34.0 Å². The molecule has 2 heterocycles. The molecule has 0 aromatic carbocycles. The second kappa shape index (κ2) is 4.28. The fourth-order valence-corrected chi connectivity index (χ4v) is 3.40. The Kier molecular flexibility index (Phi) is 3.15. The number of hydrazone groups is 1. The highest BCUT2D eigenvalue weighted by Gasteiger charge is 2.61. The molecule has 6 heteroatoms. The maximum absolute atomic E-state index is 12.3. The van der Waals surface area contributed by atoms with Crippen LogP contribution < -0.4 is 11.6 Å². The monoisotopic (exact) mass is 268 g/mol. The number of amides is 1. The van der Waals surface area contributed by atoms with Gasteiger partial charge in [-0.05, 0) is 46.0 Å². The minimum atomic E-state index is -0.528. The summed E-state index contributed by atoms with van der Waals surface area (Å²) in [5.74, 6) is 6.18. The summed E-state index contributed by atoms with van der Waals surface area (Å²) in [6.07, 6.45) is 2.30. The maximum Gasteiger partial charge on any atom is 0.411 e. The van der Waals surface area contributed by atoms with Crippen molar-refractivity contribution >= 4 is 11.9 Å². The Balaban J connectivity index is 2.23. The van der Waals surface area contributed by atoms with Gasteiger partial charge in [-0.1, -0.05) is 6.92 Å². The van der Waals surface area contributed by atoms with Crippen LogP contribution in [0.5, 0.6) is 0 Å². The van der Waals surface area contributed by atoms with Crippen molar-refractivity contribution in [1.29, 1.82) is 0 Å². The van der Waals surface area contributed by atoms with E-state index < -0.39 is 11.1 Å². The zero-order valence-electron chi connectivity index (χ0n) is 12.1. The van der Waals surface area contributed by atoms with E-state index in [-0.39, 0.29) is 12.1 Å². The topological polar surface area (TPSA) is 93.9 Å². The van der Waals surface area contributed by atoms with Crippen molar-refractivity contribution in [2.24, 2.45) is 22.6 Å². The lowest BCUT2D eigenvalue weighted by Gasteiger charge is -2.62. The Morgan fingerprint density at radius 1 is 1.42 bits per heavy atom. The van der Waals surface area contributed by atoms with E-state index in [1.165, 1.54) is 0 Å². The molecule has 3 aliphatic rings. The summed E-state index contributed by atoms with van der Waals surface area (Å²) in [4.78, 5) is 14.1. The Labute approximate surface area is 114 Å². The van der Waals surface area contributed by atoms with Gasteiger partial charge in [-0.2, -0.15) is 5.10 Å². The molecule has 4 N–H and O–H groups in total. The molecule has 2 bridgehead atoms. The van der Waals surface area contributed by atoms with Crippen molar-refractivity contribution in [3.05, 3.63) is 0 Å². The second-order valence-electron chi connectivity index (χ2n) is 6.80. The van der Waals surface area contributed by atoms with E-state index in [4.69, 9.17) is 16.3 Å². The van der Waals surface area contributed by atoms with Gasteiger partial charge in [0.05, 0.1) is 0 Å². The molecule has 3 rings (SSSR count). The van der Waals surface area contributed by atoms with Gasteiger partial charge in [-0.25, -0.2) is 4.79 Å². The van der Waals surface area contributed by atoms with Gasteiger partial charge in [0, 0.05) is 6.04 Å². The van der Waals surface area contributed by atoms with E-state index in [1.54, 1.807) is 4.90 Å². The molecule has 2 aliphatic heterocycles. The standard InChI is InChI=1S/C13H24N4O2/c1-8-5-9-7-13(6-8,10(14)16-15)17(9)11(18)19-12(2,3)4/h8-9H,5-7,15H2,1-4H3,(H2,14,16)/t8-,9-,13?/m1/s1. The number of rotatable bonds is 1. The third-order valence-corrected chi connectivity index (χ3v) is 3.97. The van der Waals surface area contributed by atoms with E-state index in [9.17, 15) is 4.79 Å². The summed E-state index contributed by atoms with van der Waals surface area (Å²) in [6, 6.07) is 0.193. The summed E-state index contributed by atoms with van der Waals surface area (Å²) in [5.41, 5.74) is 4.91. The minimum Gasteiger partial charge on any atom is -0.444 e. The van der Waals surface area contributed by atoms with Gasteiger partial charge < -0.3 is 16.3 Å². The number of hydrogen-bond donors (Lipinski definition) is 2. The number of nitrogens with zero attached hydrogens (tertiary/aromatic N) is 2. The number of carbonyl (C=O) groups is 1. The van der Waals surface area contributed by atoms with Crippen LogP contribution in [0.2, 0.25) is 0 Å². The molecule has 3 atom stereocenters. The summed E-state index contributed by atoms with van der Waals surface area (Å²) in [7, 11) is 0. The SMILES string of the molecule is C[C@@H]1C[C@@H]2CC(/C(N)=N/N)(C1)N2C(=O)OC(C)(C)C. The molecule has 108 valence electrons. The quantitative estimate of drug-likeness (QED) is 0.325. The van der Waals surface area contributed by atoms with Crippen molar-refractivity contribution in [2.45, 2.75) is 64.1 Å². The van der Waals surface area contributed by atoms with Crippen molar-refractivity contribution in [3.63, 3.8) is 0 Å². The molecular weight excluding hydrogens is 244 g/mol. The third-order valence-electron chi connectivity index (χ3n) is 3.97. The number of carbonyl (C=O) groups excluding carboxylic acids is 1. The number of fused-ring (bicyclic) bond motifs is 2. The molecule has 0 aromatic rings. The van der Waals surface area contributed by atoms with Gasteiger partial charge in [0.2, 0.25) is 0 Å². The highest BCUT2D eigenvalue weighted by Crippen LogP contribution is 2.50. The zero-order chi connectivity index (χ0) is 14.4. The Hall–Kier alpha value is -1.46. The highest BCUT2D eigenvalue weighted by atomic mass is 16.6. The van der Waals surface area contributed by atoms with E-state index >= 15 is 0 Å². The molecule has 0 aromatic heterocycles. The molecule has 1 unspecified atom stereocenters. The van der Waals surface area contributed by atoms with Crippen LogP contribution in [0, 0.1) is 5.92 Å². The first-order chi connectivity index (χ1) is 8.69. The molecular formula is C13H24N4O2. The summed E-state index contributed by atoms with van der Waals surface area (Å²) >= 11 is 0. The first-order valence-electron chi connectivity index (χ1n) is 6.76. The summed E-state index contributed by atoms with van der Waals surface area (Å²) < 4.78 is 5.47. The smallest absolute Gasteiger partial charge is 0.411 e. The second-order valence-corrected chi connectivity index (χ2v) is 6.80. The first kappa shape index (κ1) is 14.0. The lowest BCUT2D eigenvalue weighted by Crippen LogP contribution is -2.76. The van der Waals surface area contributed by atoms with E-state index in [1.807, 2.05) is 20.8 Å². The third kappa shape index (κ3) is 2.24. The highest BCUT2D eigenvalue weighted by molar-refractivity contribution is 5.95.